The van der Waals surface area contributed by atoms with Gasteiger partial charge >= 0.3 is 5.69 Å². The van der Waals surface area contributed by atoms with Crippen LogP contribution in [-0.4, -0.2) is 16.5 Å². The number of fused-ring (bicyclic) bond motifs is 1. The van der Waals surface area contributed by atoms with E-state index in [1.165, 1.54) is 18.4 Å². The van der Waals surface area contributed by atoms with Crippen molar-refractivity contribution in [2.24, 2.45) is 5.92 Å². The predicted molar refractivity (Wildman–Crippen MR) is 84.0 cm³/mol. The molecule has 0 spiro atoms. The lowest BCUT2D eigenvalue weighted by Crippen LogP contribution is -2.27. The minimum atomic E-state index is -0.142. The number of H-pyrrole nitrogens is 2. The molecule has 2 rings (SSSR count). The predicted octanol–water partition coefficient (Wildman–Crippen LogP) is 3.33. The molecule has 0 aliphatic heterocycles. The lowest BCUT2D eigenvalue weighted by Gasteiger charge is -2.25. The van der Waals surface area contributed by atoms with Gasteiger partial charge < -0.3 is 15.3 Å². The molecule has 0 saturated carbocycles. The van der Waals surface area contributed by atoms with E-state index < -0.39 is 0 Å². The molecule has 4 nitrogen and oxygen atoms in total. The van der Waals surface area contributed by atoms with Crippen molar-refractivity contribution < 1.29 is 0 Å². The lowest BCUT2D eigenvalue weighted by molar-refractivity contribution is 0.363. The van der Waals surface area contributed by atoms with E-state index in [9.17, 15) is 4.79 Å². The molecule has 2 unspecified atom stereocenters. The zero-order valence-electron chi connectivity index (χ0n) is 12.6. The van der Waals surface area contributed by atoms with Gasteiger partial charge in [0.15, 0.2) is 0 Å². The maximum absolute atomic E-state index is 11.4. The molecule has 2 aromatic rings. The first-order valence-corrected chi connectivity index (χ1v) is 7.61. The van der Waals surface area contributed by atoms with Crippen LogP contribution in [0.2, 0.25) is 0 Å². The van der Waals surface area contributed by atoms with Crippen LogP contribution >= 0.6 is 0 Å². The molecule has 0 radical (unpaired) electrons. The van der Waals surface area contributed by atoms with Gasteiger partial charge in [-0.05, 0) is 43.0 Å². The largest absolute Gasteiger partial charge is 0.323 e. The minimum Gasteiger partial charge on any atom is -0.310 e. The van der Waals surface area contributed by atoms with E-state index in [0.717, 1.165) is 24.0 Å². The van der Waals surface area contributed by atoms with Gasteiger partial charge in [0.1, 0.15) is 0 Å². The van der Waals surface area contributed by atoms with Crippen molar-refractivity contribution in [3.8, 4) is 0 Å². The normalized spacial score (nSPS) is 14.6. The van der Waals surface area contributed by atoms with Crippen molar-refractivity contribution >= 4 is 11.0 Å². The number of hydrogen-bond donors (Lipinski definition) is 3. The van der Waals surface area contributed by atoms with Gasteiger partial charge in [-0.25, -0.2) is 4.79 Å². The first kappa shape index (κ1) is 14.9. The van der Waals surface area contributed by atoms with Crippen LogP contribution in [0.1, 0.15) is 51.6 Å². The van der Waals surface area contributed by atoms with E-state index in [1.54, 1.807) is 0 Å². The molecule has 1 aromatic heterocycles. The monoisotopic (exact) mass is 275 g/mol. The molecule has 0 aliphatic carbocycles. The standard InChI is InChI=1S/C16H25N3O/c1-4-6-11(3)15(17-9-5-2)12-7-8-13-14(10-12)19-16(20)18-13/h7-8,10-11,15,17H,4-6,9H2,1-3H3,(H2,18,19,20). The Bertz CT molecular complexity index is 599. The van der Waals surface area contributed by atoms with Crippen molar-refractivity contribution in [2.75, 3.05) is 6.54 Å². The summed E-state index contributed by atoms with van der Waals surface area (Å²) in [7, 11) is 0. The van der Waals surface area contributed by atoms with Gasteiger partial charge in [-0.2, -0.15) is 0 Å². The first-order chi connectivity index (χ1) is 9.65. The summed E-state index contributed by atoms with van der Waals surface area (Å²) in [6, 6.07) is 6.54. The maximum Gasteiger partial charge on any atom is 0.323 e. The number of nitrogens with one attached hydrogen (secondary N) is 3. The Balaban J connectivity index is 2.30. The lowest BCUT2D eigenvalue weighted by atomic mass is 9.90. The van der Waals surface area contributed by atoms with Gasteiger partial charge in [0.2, 0.25) is 0 Å². The van der Waals surface area contributed by atoms with Crippen LogP contribution in [0.25, 0.3) is 11.0 Å². The van der Waals surface area contributed by atoms with Crippen LogP contribution in [0, 0.1) is 5.92 Å². The summed E-state index contributed by atoms with van der Waals surface area (Å²) in [6.45, 7) is 7.71. The Morgan fingerprint density at radius 2 is 1.90 bits per heavy atom. The summed E-state index contributed by atoms with van der Waals surface area (Å²) in [6.07, 6.45) is 3.51. The molecule has 0 fully saturated rings. The van der Waals surface area contributed by atoms with Crippen molar-refractivity contribution in [1.29, 1.82) is 0 Å². The van der Waals surface area contributed by atoms with Crippen molar-refractivity contribution in [3.05, 3.63) is 34.2 Å². The fraction of sp³-hybridized carbons (Fsp3) is 0.562. The fourth-order valence-electron chi connectivity index (χ4n) is 2.81. The van der Waals surface area contributed by atoms with Crippen LogP contribution < -0.4 is 11.0 Å². The number of hydrogen-bond acceptors (Lipinski definition) is 2. The van der Waals surface area contributed by atoms with Crippen molar-refractivity contribution in [2.45, 2.75) is 46.1 Å². The van der Waals surface area contributed by atoms with E-state index in [0.29, 0.717) is 12.0 Å². The molecular weight excluding hydrogens is 250 g/mol. The Hall–Kier alpha value is -1.55. The third kappa shape index (κ3) is 3.31. The second-order valence-corrected chi connectivity index (χ2v) is 5.58. The molecule has 110 valence electrons. The molecule has 2 atom stereocenters. The third-order valence-electron chi connectivity index (χ3n) is 3.83. The molecule has 1 aromatic carbocycles. The summed E-state index contributed by atoms with van der Waals surface area (Å²) >= 11 is 0. The summed E-state index contributed by atoms with van der Waals surface area (Å²) in [5.74, 6) is 0.578. The maximum atomic E-state index is 11.4. The fourth-order valence-corrected chi connectivity index (χ4v) is 2.81. The van der Waals surface area contributed by atoms with E-state index in [2.05, 4.69) is 48.2 Å². The molecule has 0 saturated heterocycles. The van der Waals surface area contributed by atoms with Crippen LogP contribution in [0.4, 0.5) is 0 Å². The van der Waals surface area contributed by atoms with Crippen molar-refractivity contribution in [3.63, 3.8) is 0 Å². The minimum absolute atomic E-state index is 0.142. The molecule has 4 heteroatoms. The first-order valence-electron chi connectivity index (χ1n) is 7.61. The SMILES string of the molecule is CCCNC(c1ccc2[nH]c(=O)[nH]c2c1)C(C)CCC. The number of benzene rings is 1. The van der Waals surface area contributed by atoms with Crippen molar-refractivity contribution in [1.82, 2.24) is 15.3 Å². The van der Waals surface area contributed by atoms with Gasteiger partial charge in [-0.15, -0.1) is 0 Å². The van der Waals surface area contributed by atoms with Crippen LogP contribution in [0.15, 0.2) is 23.0 Å². The van der Waals surface area contributed by atoms with E-state index in [1.807, 2.05) is 6.07 Å². The second kappa shape index (κ2) is 6.75. The Morgan fingerprint density at radius 3 is 2.60 bits per heavy atom. The van der Waals surface area contributed by atoms with Gasteiger partial charge in [0, 0.05) is 6.04 Å². The van der Waals surface area contributed by atoms with E-state index >= 15 is 0 Å². The highest BCUT2D eigenvalue weighted by Gasteiger charge is 2.18. The summed E-state index contributed by atoms with van der Waals surface area (Å²) < 4.78 is 0. The Kier molecular flexibility index (Phi) is 5.01. The zero-order chi connectivity index (χ0) is 14.5. The topological polar surface area (TPSA) is 60.7 Å². The molecule has 20 heavy (non-hydrogen) atoms. The van der Waals surface area contributed by atoms with Crippen LogP contribution in [0.5, 0.6) is 0 Å². The molecule has 3 N–H and O–H groups in total. The number of rotatable bonds is 7. The highest BCUT2D eigenvalue weighted by molar-refractivity contribution is 5.75. The molecular formula is C16H25N3O. The quantitative estimate of drug-likeness (QED) is 0.726. The summed E-state index contributed by atoms with van der Waals surface area (Å²) in [4.78, 5) is 17.0. The number of aromatic amines is 2. The summed E-state index contributed by atoms with van der Waals surface area (Å²) in [5, 5.41) is 3.64. The smallest absolute Gasteiger partial charge is 0.310 e. The Labute approximate surface area is 120 Å². The van der Waals surface area contributed by atoms with E-state index in [4.69, 9.17) is 0 Å². The van der Waals surface area contributed by atoms with Gasteiger partial charge in [0.05, 0.1) is 11.0 Å². The number of aromatic nitrogens is 2. The molecule has 0 bridgehead atoms. The Morgan fingerprint density at radius 1 is 1.15 bits per heavy atom. The van der Waals surface area contributed by atoms with Gasteiger partial charge in [-0.3, -0.25) is 0 Å². The van der Waals surface area contributed by atoms with Gasteiger partial charge in [0.25, 0.3) is 0 Å². The van der Waals surface area contributed by atoms with E-state index in [-0.39, 0.29) is 5.69 Å². The third-order valence-corrected chi connectivity index (χ3v) is 3.83. The highest BCUT2D eigenvalue weighted by Crippen LogP contribution is 2.27. The van der Waals surface area contributed by atoms with Gasteiger partial charge in [-0.1, -0.05) is 33.3 Å². The molecule has 0 amide bonds. The zero-order valence-corrected chi connectivity index (χ0v) is 12.6. The molecule has 0 aliphatic rings. The molecule has 1 heterocycles. The number of imidazole rings is 1. The average Bonchev–Trinajstić information content (AvgIpc) is 2.79. The average molecular weight is 275 g/mol. The highest BCUT2D eigenvalue weighted by atomic mass is 16.1. The summed E-state index contributed by atoms with van der Waals surface area (Å²) in [5.41, 5.74) is 2.87. The second-order valence-electron chi connectivity index (χ2n) is 5.58. The van der Waals surface area contributed by atoms with Crippen LogP contribution in [0.3, 0.4) is 0 Å². The van der Waals surface area contributed by atoms with Crippen LogP contribution in [-0.2, 0) is 0 Å².